The molecule has 21 nitrogen and oxygen atoms in total. The van der Waals surface area contributed by atoms with Crippen LogP contribution in [0, 0.1) is 0 Å². The summed E-state index contributed by atoms with van der Waals surface area (Å²) >= 11 is 0. The number of aromatic hydroxyl groups is 1. The predicted octanol–water partition coefficient (Wildman–Crippen LogP) is -3.11. The number of nitrogens with two attached hydrogens (primary N) is 3. The van der Waals surface area contributed by atoms with Crippen molar-refractivity contribution in [3.05, 3.63) is 29.8 Å². The maximum absolute atomic E-state index is 14.0. The number of amides is 6. The number of carboxylic acid groups (broad SMARTS) is 2. The molecule has 14 N–H and O–H groups in total. The van der Waals surface area contributed by atoms with Crippen LogP contribution in [-0.2, 0) is 44.8 Å². The molecule has 21 heteroatoms. The third-order valence-corrected chi connectivity index (χ3v) is 9.28. The molecule has 0 radical (unpaired) electrons. The lowest BCUT2D eigenvalue weighted by Gasteiger charge is -2.31. The van der Waals surface area contributed by atoms with E-state index in [1.54, 1.807) is 0 Å². The van der Waals surface area contributed by atoms with Gasteiger partial charge in [0.25, 0.3) is 0 Å². The van der Waals surface area contributed by atoms with Gasteiger partial charge in [0.05, 0.1) is 6.42 Å². The van der Waals surface area contributed by atoms with Gasteiger partial charge in [0.15, 0.2) is 5.96 Å². The number of phenols is 1. The van der Waals surface area contributed by atoms with E-state index in [9.17, 15) is 53.7 Å². The van der Waals surface area contributed by atoms with Gasteiger partial charge in [-0.2, -0.15) is 0 Å². The number of hydrogen-bond donors (Lipinski definition) is 11. The number of nitrogens with zero attached hydrogens (tertiary/aromatic N) is 2. The fourth-order valence-corrected chi connectivity index (χ4v) is 6.38. The Balaban J connectivity index is 2.11. The number of rotatable bonds is 15. The first-order valence-corrected chi connectivity index (χ1v) is 18.4. The fourth-order valence-electron chi connectivity index (χ4n) is 6.38. The van der Waals surface area contributed by atoms with Crippen LogP contribution in [0.5, 0.6) is 5.75 Å². The number of benzene rings is 1. The number of phenolic OH excluding ortho intramolecular Hbond substituents is 1. The van der Waals surface area contributed by atoms with Crippen molar-refractivity contribution in [1.82, 2.24) is 31.5 Å². The quantitative estimate of drug-likeness (QED) is 0.0476. The monoisotopic (exact) mass is 788 g/mol. The van der Waals surface area contributed by atoms with Gasteiger partial charge in [-0.25, -0.2) is 0 Å². The number of carboxylic acids is 2. The number of fused-ring (bicyclic) bond motifs is 1. The van der Waals surface area contributed by atoms with Crippen LogP contribution in [0.1, 0.15) is 69.8 Å². The second-order valence-corrected chi connectivity index (χ2v) is 13.6. The molecule has 0 saturated carbocycles. The van der Waals surface area contributed by atoms with Gasteiger partial charge in [0.2, 0.25) is 35.4 Å². The van der Waals surface area contributed by atoms with E-state index < -0.39 is 103 Å². The average Bonchev–Trinajstić information content (AvgIpc) is 3.63. The van der Waals surface area contributed by atoms with Gasteiger partial charge >= 0.3 is 11.9 Å². The maximum atomic E-state index is 14.0. The topological polar surface area (TPSA) is 351 Å². The Kier molecular flexibility index (Phi) is 17.3. The van der Waals surface area contributed by atoms with E-state index in [2.05, 4.69) is 31.6 Å². The Morgan fingerprint density at radius 1 is 0.714 bits per heavy atom. The summed E-state index contributed by atoms with van der Waals surface area (Å²) in [5.41, 5.74) is 17.0. The smallest absolute Gasteiger partial charge is 0.305 e. The van der Waals surface area contributed by atoms with Crippen molar-refractivity contribution in [2.75, 3.05) is 19.6 Å². The number of aliphatic carboxylic acids is 2. The molecule has 2 aliphatic heterocycles. The van der Waals surface area contributed by atoms with Crippen molar-refractivity contribution >= 4 is 53.3 Å². The highest BCUT2D eigenvalue weighted by molar-refractivity contribution is 5.99. The minimum Gasteiger partial charge on any atom is -0.508 e. The van der Waals surface area contributed by atoms with Crippen molar-refractivity contribution in [3.63, 3.8) is 0 Å². The third kappa shape index (κ3) is 14.0. The minimum absolute atomic E-state index is 0.00182. The summed E-state index contributed by atoms with van der Waals surface area (Å²) < 4.78 is 0. The summed E-state index contributed by atoms with van der Waals surface area (Å²) in [6.07, 6.45) is -0.725. The van der Waals surface area contributed by atoms with Gasteiger partial charge in [0.1, 0.15) is 42.0 Å². The standard InChI is InChI=1S/C35H52N10O11/c36-14-2-1-5-21-29(51)40-22(6-3-15-39-35(37)38)30(52)42-23(12-13-27(47)48)31(53)44-25(18-28(49)50)34(56)45-16-4-7-26(45)33(55)43-24(32(54)41-21)17-19-8-10-20(46)11-9-19/h8-11,21-26,46H,1-7,12-18,36H2,(H,40,51)(H,41,54)(H,42,52)(H,43,55)(H,44,53)(H,47,48)(H,49,50)(H4,37,38,39)/t21-,22-,23-,24-,25-,26-/m0/s1. The van der Waals surface area contributed by atoms with Crippen molar-refractivity contribution in [2.24, 2.45) is 22.2 Å². The molecule has 0 aromatic heterocycles. The number of hydrogen-bond acceptors (Lipinski definition) is 11. The molecule has 2 aliphatic rings. The fraction of sp³-hybridized carbons (Fsp3) is 0.571. The molecule has 6 amide bonds. The van der Waals surface area contributed by atoms with Crippen LogP contribution in [0.2, 0.25) is 0 Å². The molecule has 1 aromatic rings. The lowest BCUT2D eigenvalue weighted by Crippen LogP contribution is -2.61. The zero-order valence-corrected chi connectivity index (χ0v) is 30.9. The second kappa shape index (κ2) is 21.8. The average molecular weight is 789 g/mol. The van der Waals surface area contributed by atoms with E-state index in [4.69, 9.17) is 17.2 Å². The van der Waals surface area contributed by atoms with Crippen LogP contribution in [0.25, 0.3) is 0 Å². The third-order valence-electron chi connectivity index (χ3n) is 9.28. The number of nitrogens with one attached hydrogen (secondary N) is 5. The summed E-state index contributed by atoms with van der Waals surface area (Å²) in [7, 11) is 0. The van der Waals surface area contributed by atoms with Gasteiger partial charge in [-0.3, -0.25) is 43.3 Å². The minimum atomic E-state index is -1.74. The van der Waals surface area contributed by atoms with E-state index in [0.717, 1.165) is 4.90 Å². The summed E-state index contributed by atoms with van der Waals surface area (Å²) in [6, 6.07) is -2.67. The normalized spacial score (nSPS) is 24.0. The molecule has 56 heavy (non-hydrogen) atoms. The molecule has 1 aromatic carbocycles. The molecule has 2 saturated heterocycles. The molecule has 0 unspecified atom stereocenters. The summed E-state index contributed by atoms with van der Waals surface area (Å²) in [5, 5.41) is 41.6. The van der Waals surface area contributed by atoms with E-state index >= 15 is 0 Å². The summed E-state index contributed by atoms with van der Waals surface area (Å²) in [6.45, 7) is 0.319. The van der Waals surface area contributed by atoms with E-state index in [-0.39, 0.29) is 63.4 Å². The Morgan fingerprint density at radius 2 is 1.25 bits per heavy atom. The number of aliphatic imine (C=N–C) groups is 1. The molecule has 2 fully saturated rings. The summed E-state index contributed by atoms with van der Waals surface area (Å²) in [5.74, 6) is -8.34. The predicted molar refractivity (Wildman–Crippen MR) is 198 cm³/mol. The highest BCUT2D eigenvalue weighted by atomic mass is 16.4. The van der Waals surface area contributed by atoms with Gasteiger partial charge in [0, 0.05) is 25.9 Å². The number of carbonyl (C=O) groups is 8. The SMILES string of the molecule is NCCCC[C@@H]1NC(=O)[C@H](Cc2ccc(O)cc2)NC(=O)[C@@H]2CCCN2C(=O)[C@H](CC(=O)O)NC(=O)[C@H](CCC(=O)O)NC(=O)[C@H](CCCN=C(N)N)NC1=O. The first-order chi connectivity index (χ1) is 26.6. The zero-order chi connectivity index (χ0) is 41.4. The molecule has 0 aliphatic carbocycles. The lowest BCUT2D eigenvalue weighted by molar-refractivity contribution is -0.146. The van der Waals surface area contributed by atoms with Gasteiger partial charge < -0.3 is 64.0 Å². The Hall–Kier alpha value is -5.99. The van der Waals surface area contributed by atoms with Gasteiger partial charge in [-0.15, -0.1) is 0 Å². The zero-order valence-electron chi connectivity index (χ0n) is 30.9. The molecular weight excluding hydrogens is 736 g/mol. The van der Waals surface area contributed by atoms with Gasteiger partial charge in [-0.1, -0.05) is 12.1 Å². The molecule has 0 spiro atoms. The maximum Gasteiger partial charge on any atom is 0.305 e. The molecule has 6 atom stereocenters. The molecule has 308 valence electrons. The van der Waals surface area contributed by atoms with E-state index in [0.29, 0.717) is 24.8 Å². The van der Waals surface area contributed by atoms with Crippen LogP contribution in [-0.4, -0.2) is 129 Å². The van der Waals surface area contributed by atoms with Crippen LogP contribution in [0.4, 0.5) is 0 Å². The van der Waals surface area contributed by atoms with E-state index in [1.165, 1.54) is 24.3 Å². The number of unbranched alkanes of at least 4 members (excludes halogenated alkanes) is 1. The van der Waals surface area contributed by atoms with Crippen molar-refractivity contribution in [2.45, 2.75) is 107 Å². The van der Waals surface area contributed by atoms with Crippen LogP contribution < -0.4 is 43.8 Å². The number of carbonyl (C=O) groups excluding carboxylic acids is 6. The Bertz CT molecular complexity index is 1620. The van der Waals surface area contributed by atoms with Crippen molar-refractivity contribution in [3.8, 4) is 5.75 Å². The van der Waals surface area contributed by atoms with Crippen LogP contribution >= 0.6 is 0 Å². The van der Waals surface area contributed by atoms with Crippen molar-refractivity contribution in [1.29, 1.82) is 0 Å². The van der Waals surface area contributed by atoms with E-state index in [1.807, 2.05) is 0 Å². The Morgan fingerprint density at radius 3 is 1.80 bits per heavy atom. The Labute approximate surface area is 322 Å². The molecule has 2 heterocycles. The first-order valence-electron chi connectivity index (χ1n) is 18.4. The van der Waals surface area contributed by atoms with Gasteiger partial charge in [-0.05, 0) is 75.6 Å². The van der Waals surface area contributed by atoms with Crippen LogP contribution in [0.15, 0.2) is 29.3 Å². The largest absolute Gasteiger partial charge is 0.508 e. The van der Waals surface area contributed by atoms with Crippen LogP contribution in [0.3, 0.4) is 0 Å². The molecule has 0 bridgehead atoms. The van der Waals surface area contributed by atoms with Crippen molar-refractivity contribution < 1.29 is 53.7 Å². The number of guanidine groups is 1. The second-order valence-electron chi connectivity index (χ2n) is 13.6. The summed E-state index contributed by atoms with van der Waals surface area (Å²) in [4.78, 5) is 112. The first kappa shape index (κ1) is 44.4. The highest BCUT2D eigenvalue weighted by Gasteiger charge is 2.41. The highest BCUT2D eigenvalue weighted by Crippen LogP contribution is 2.21. The lowest BCUT2D eigenvalue weighted by atomic mass is 10.0. The molecular formula is C35H52N10O11. The molecule has 3 rings (SSSR count).